The summed E-state index contributed by atoms with van der Waals surface area (Å²) in [5.41, 5.74) is 3.89. The van der Waals surface area contributed by atoms with Gasteiger partial charge in [-0.25, -0.2) is 0 Å². The highest BCUT2D eigenvalue weighted by atomic mass is 32.2. The average Bonchev–Trinajstić information content (AvgIpc) is 2.57. The van der Waals surface area contributed by atoms with Crippen molar-refractivity contribution in [1.29, 1.82) is 0 Å². The number of benzene rings is 2. The Hall–Kier alpha value is -1.74. The second-order valence-electron chi connectivity index (χ2n) is 5.82. The van der Waals surface area contributed by atoms with Crippen LogP contribution in [0.4, 0.5) is 0 Å². The lowest BCUT2D eigenvalue weighted by Gasteiger charge is -2.12. The SMILES string of the molecule is Cc1cccc(CCCNC(=O)[C@H](C)SCc2ccccc2)c1. The highest BCUT2D eigenvalue weighted by Crippen LogP contribution is 2.17. The van der Waals surface area contributed by atoms with Crippen molar-refractivity contribution in [2.75, 3.05) is 6.54 Å². The first-order valence-corrected chi connectivity index (χ1v) is 9.19. The van der Waals surface area contributed by atoms with Crippen LogP contribution in [0, 0.1) is 6.92 Å². The van der Waals surface area contributed by atoms with Crippen LogP contribution < -0.4 is 5.32 Å². The van der Waals surface area contributed by atoms with E-state index < -0.39 is 0 Å². The van der Waals surface area contributed by atoms with Gasteiger partial charge >= 0.3 is 0 Å². The molecule has 122 valence electrons. The highest BCUT2D eigenvalue weighted by Gasteiger charge is 2.12. The lowest BCUT2D eigenvalue weighted by Crippen LogP contribution is -2.31. The number of nitrogens with one attached hydrogen (secondary N) is 1. The molecule has 2 aromatic rings. The molecule has 0 bridgehead atoms. The molecule has 0 heterocycles. The van der Waals surface area contributed by atoms with Crippen LogP contribution in [-0.2, 0) is 17.0 Å². The first-order chi connectivity index (χ1) is 11.1. The van der Waals surface area contributed by atoms with E-state index in [9.17, 15) is 4.79 Å². The fourth-order valence-electron chi connectivity index (χ4n) is 2.39. The van der Waals surface area contributed by atoms with Crippen LogP contribution in [-0.4, -0.2) is 17.7 Å². The molecular weight excluding hydrogens is 302 g/mol. The second-order valence-corrected chi connectivity index (χ2v) is 7.15. The summed E-state index contributed by atoms with van der Waals surface area (Å²) in [4.78, 5) is 12.1. The standard InChI is InChI=1S/C20H25NOS/c1-16-8-6-11-18(14-16)12-7-13-21-20(22)17(2)23-15-19-9-4-3-5-10-19/h3-6,8-11,14,17H,7,12-13,15H2,1-2H3,(H,21,22)/t17-/m0/s1. The molecule has 0 fully saturated rings. The maximum atomic E-state index is 12.1. The number of amides is 1. The quantitative estimate of drug-likeness (QED) is 0.730. The van der Waals surface area contributed by atoms with Gasteiger partial charge in [-0.3, -0.25) is 4.79 Å². The lowest BCUT2D eigenvalue weighted by molar-refractivity contribution is -0.120. The molecule has 1 amide bonds. The summed E-state index contributed by atoms with van der Waals surface area (Å²) in [6.45, 7) is 4.82. The largest absolute Gasteiger partial charge is 0.355 e. The third-order valence-electron chi connectivity index (χ3n) is 3.74. The molecule has 0 aliphatic carbocycles. The number of carbonyl (C=O) groups is 1. The van der Waals surface area contributed by atoms with Gasteiger partial charge in [-0.1, -0.05) is 60.2 Å². The molecule has 0 aliphatic rings. The van der Waals surface area contributed by atoms with E-state index in [1.807, 2.05) is 25.1 Å². The first kappa shape index (κ1) is 17.6. The zero-order chi connectivity index (χ0) is 16.5. The Bertz CT molecular complexity index is 612. The summed E-state index contributed by atoms with van der Waals surface area (Å²) in [7, 11) is 0. The van der Waals surface area contributed by atoms with E-state index in [-0.39, 0.29) is 11.2 Å². The lowest BCUT2D eigenvalue weighted by atomic mass is 10.1. The molecule has 0 aliphatic heterocycles. The fraction of sp³-hybridized carbons (Fsp3) is 0.350. The van der Waals surface area contributed by atoms with E-state index >= 15 is 0 Å². The summed E-state index contributed by atoms with van der Waals surface area (Å²) < 4.78 is 0. The number of aryl methyl sites for hydroxylation is 2. The van der Waals surface area contributed by atoms with Gasteiger partial charge in [0.25, 0.3) is 0 Å². The Morgan fingerprint density at radius 3 is 2.57 bits per heavy atom. The number of hydrogen-bond donors (Lipinski definition) is 1. The maximum absolute atomic E-state index is 12.1. The Kier molecular flexibility index (Phi) is 7.21. The van der Waals surface area contributed by atoms with Gasteiger partial charge in [0.1, 0.15) is 0 Å². The van der Waals surface area contributed by atoms with Gasteiger partial charge in [-0.15, -0.1) is 11.8 Å². The second kappa shape index (κ2) is 9.41. The van der Waals surface area contributed by atoms with Gasteiger partial charge in [-0.05, 0) is 37.8 Å². The monoisotopic (exact) mass is 327 g/mol. The van der Waals surface area contributed by atoms with E-state index in [4.69, 9.17) is 0 Å². The van der Waals surface area contributed by atoms with Crippen LogP contribution in [0.2, 0.25) is 0 Å². The van der Waals surface area contributed by atoms with Crippen molar-refractivity contribution in [3.63, 3.8) is 0 Å². The molecule has 23 heavy (non-hydrogen) atoms. The van der Waals surface area contributed by atoms with E-state index in [2.05, 4.69) is 48.6 Å². The predicted octanol–water partition coefficient (Wildman–Crippen LogP) is 4.37. The summed E-state index contributed by atoms with van der Waals surface area (Å²) >= 11 is 1.68. The smallest absolute Gasteiger partial charge is 0.232 e. The zero-order valence-electron chi connectivity index (χ0n) is 13.9. The molecule has 0 saturated heterocycles. The summed E-state index contributed by atoms with van der Waals surface area (Å²) in [5, 5.41) is 3.02. The number of carbonyl (C=O) groups excluding carboxylic acids is 1. The topological polar surface area (TPSA) is 29.1 Å². The molecule has 2 rings (SSSR count). The minimum atomic E-state index is -0.0193. The molecule has 0 radical (unpaired) electrons. The third-order valence-corrected chi connectivity index (χ3v) is 4.95. The minimum absolute atomic E-state index is 0.0193. The molecule has 3 heteroatoms. The molecule has 2 aromatic carbocycles. The van der Waals surface area contributed by atoms with Crippen molar-refractivity contribution in [2.24, 2.45) is 0 Å². The molecule has 0 saturated carbocycles. The van der Waals surface area contributed by atoms with Gasteiger partial charge < -0.3 is 5.32 Å². The van der Waals surface area contributed by atoms with Crippen molar-refractivity contribution in [3.8, 4) is 0 Å². The summed E-state index contributed by atoms with van der Waals surface area (Å²) in [6.07, 6.45) is 1.98. The average molecular weight is 327 g/mol. The summed E-state index contributed by atoms with van der Waals surface area (Å²) in [6, 6.07) is 18.8. The molecule has 0 spiro atoms. The van der Waals surface area contributed by atoms with Crippen LogP contribution >= 0.6 is 11.8 Å². The van der Waals surface area contributed by atoms with E-state index in [0.717, 1.165) is 25.1 Å². The van der Waals surface area contributed by atoms with Crippen LogP contribution in [0.5, 0.6) is 0 Å². The van der Waals surface area contributed by atoms with Crippen molar-refractivity contribution >= 4 is 17.7 Å². The Morgan fingerprint density at radius 2 is 1.83 bits per heavy atom. The molecule has 0 unspecified atom stereocenters. The van der Waals surface area contributed by atoms with E-state index in [1.165, 1.54) is 16.7 Å². The summed E-state index contributed by atoms with van der Waals surface area (Å²) in [5.74, 6) is 1.01. The Labute approximate surface area is 143 Å². The van der Waals surface area contributed by atoms with Crippen molar-refractivity contribution < 1.29 is 4.79 Å². The van der Waals surface area contributed by atoms with Crippen LogP contribution in [0.3, 0.4) is 0 Å². The molecule has 0 aromatic heterocycles. The van der Waals surface area contributed by atoms with Gasteiger partial charge in [0.15, 0.2) is 0 Å². The Morgan fingerprint density at radius 1 is 1.09 bits per heavy atom. The molecule has 1 atom stereocenters. The van der Waals surface area contributed by atoms with E-state index in [0.29, 0.717) is 0 Å². The maximum Gasteiger partial charge on any atom is 0.232 e. The van der Waals surface area contributed by atoms with Gasteiger partial charge in [-0.2, -0.15) is 0 Å². The highest BCUT2D eigenvalue weighted by molar-refractivity contribution is 7.99. The number of thioether (sulfide) groups is 1. The number of hydrogen-bond acceptors (Lipinski definition) is 2. The van der Waals surface area contributed by atoms with Crippen molar-refractivity contribution in [3.05, 3.63) is 71.3 Å². The van der Waals surface area contributed by atoms with Crippen molar-refractivity contribution in [1.82, 2.24) is 5.32 Å². The zero-order valence-corrected chi connectivity index (χ0v) is 14.7. The molecular formula is C20H25NOS. The Balaban J connectivity index is 1.64. The van der Waals surface area contributed by atoms with E-state index in [1.54, 1.807) is 11.8 Å². The number of rotatable bonds is 8. The predicted molar refractivity (Wildman–Crippen MR) is 99.7 cm³/mol. The third kappa shape index (κ3) is 6.49. The van der Waals surface area contributed by atoms with Crippen LogP contribution in [0.25, 0.3) is 0 Å². The van der Waals surface area contributed by atoms with Gasteiger partial charge in [0.05, 0.1) is 5.25 Å². The van der Waals surface area contributed by atoms with Gasteiger partial charge in [0.2, 0.25) is 5.91 Å². The van der Waals surface area contributed by atoms with Crippen molar-refractivity contribution in [2.45, 2.75) is 37.7 Å². The minimum Gasteiger partial charge on any atom is -0.355 e. The van der Waals surface area contributed by atoms with Crippen LogP contribution in [0.15, 0.2) is 54.6 Å². The molecule has 1 N–H and O–H groups in total. The first-order valence-electron chi connectivity index (χ1n) is 8.14. The fourth-order valence-corrected chi connectivity index (χ4v) is 3.26. The molecule has 2 nitrogen and oxygen atoms in total. The van der Waals surface area contributed by atoms with Crippen LogP contribution in [0.1, 0.15) is 30.0 Å². The normalized spacial score (nSPS) is 11.9. The van der Waals surface area contributed by atoms with Gasteiger partial charge in [0, 0.05) is 12.3 Å².